The fourth-order valence-electron chi connectivity index (χ4n) is 1.24. The van der Waals surface area contributed by atoms with E-state index in [2.05, 4.69) is 10.7 Å². The van der Waals surface area contributed by atoms with E-state index in [-0.39, 0.29) is 5.91 Å². The number of nitrogen functional groups attached to an aromatic ring is 1. The van der Waals surface area contributed by atoms with Crippen molar-refractivity contribution >= 4 is 22.4 Å². The second kappa shape index (κ2) is 7.03. The van der Waals surface area contributed by atoms with Crippen LogP contribution in [0.2, 0.25) is 0 Å². The zero-order chi connectivity index (χ0) is 12.7. The van der Waals surface area contributed by atoms with Crippen molar-refractivity contribution in [1.82, 2.24) is 5.32 Å². The van der Waals surface area contributed by atoms with Gasteiger partial charge in [0.1, 0.15) is 0 Å². The van der Waals surface area contributed by atoms with Gasteiger partial charge in [-0.05, 0) is 24.3 Å². The third kappa shape index (κ3) is 4.54. The maximum atomic E-state index is 11.7. The monoisotopic (exact) mass is 255 g/mol. The molecule has 0 aliphatic carbocycles. The normalized spacial score (nSPS) is 11.9. The number of rotatable bonds is 6. The fourth-order valence-corrected chi connectivity index (χ4v) is 1.86. The summed E-state index contributed by atoms with van der Waals surface area (Å²) < 4.78 is 11.2. The Labute approximate surface area is 103 Å². The Kier molecular flexibility index (Phi) is 5.65. The molecule has 0 saturated heterocycles. The smallest absolute Gasteiger partial charge is 0.251 e. The van der Waals surface area contributed by atoms with Crippen molar-refractivity contribution in [2.75, 3.05) is 23.5 Å². The Morgan fingerprint density at radius 1 is 1.35 bits per heavy atom. The zero-order valence-electron chi connectivity index (χ0n) is 9.73. The van der Waals surface area contributed by atoms with E-state index in [0.717, 1.165) is 5.69 Å². The topological polar surface area (TPSA) is 84.2 Å². The van der Waals surface area contributed by atoms with E-state index in [1.807, 2.05) is 6.92 Å². The number of nitrogens with one attached hydrogen (secondary N) is 2. The molecule has 1 atom stereocenters. The maximum absolute atomic E-state index is 11.7. The molecule has 0 radical (unpaired) electrons. The number of anilines is 1. The molecule has 0 fully saturated rings. The van der Waals surface area contributed by atoms with Crippen molar-refractivity contribution in [2.45, 2.75) is 6.92 Å². The molecule has 1 amide bonds. The standard InChI is InChI=1S/C11H17N3O2S/c1-2-17(16)8-7-13-11(15)9-3-5-10(14-12)6-4-9/h3-6,14H,2,7-8,12H2,1H3,(H,13,15). The highest BCUT2D eigenvalue weighted by Crippen LogP contribution is 2.07. The van der Waals surface area contributed by atoms with E-state index >= 15 is 0 Å². The molecule has 1 aromatic rings. The molecule has 1 unspecified atom stereocenters. The van der Waals surface area contributed by atoms with E-state index in [4.69, 9.17) is 5.84 Å². The summed E-state index contributed by atoms with van der Waals surface area (Å²) in [5, 5.41) is 2.72. The van der Waals surface area contributed by atoms with Crippen molar-refractivity contribution in [3.8, 4) is 0 Å². The van der Waals surface area contributed by atoms with E-state index in [1.165, 1.54) is 0 Å². The second-order valence-corrected chi connectivity index (χ2v) is 5.28. The van der Waals surface area contributed by atoms with Crippen LogP contribution in [-0.4, -0.2) is 28.2 Å². The lowest BCUT2D eigenvalue weighted by Gasteiger charge is -2.05. The Balaban J connectivity index is 2.44. The van der Waals surface area contributed by atoms with Gasteiger partial charge in [0.05, 0.1) is 0 Å². The Hall–Kier alpha value is -1.40. The molecule has 0 heterocycles. The van der Waals surface area contributed by atoms with Gasteiger partial charge in [-0.2, -0.15) is 0 Å². The van der Waals surface area contributed by atoms with Gasteiger partial charge in [0, 0.05) is 40.1 Å². The SMILES string of the molecule is CCS(=O)CCNC(=O)c1ccc(NN)cc1. The van der Waals surface area contributed by atoms with Crippen LogP contribution in [-0.2, 0) is 10.8 Å². The molecule has 0 aliphatic heterocycles. The number of carbonyl (C=O) groups excluding carboxylic acids is 1. The molecule has 1 aromatic carbocycles. The molecule has 0 spiro atoms. The van der Waals surface area contributed by atoms with Crippen LogP contribution in [0.15, 0.2) is 24.3 Å². The maximum Gasteiger partial charge on any atom is 0.251 e. The summed E-state index contributed by atoms with van der Waals surface area (Å²) in [6.45, 7) is 2.28. The van der Waals surface area contributed by atoms with Gasteiger partial charge in [-0.1, -0.05) is 6.92 Å². The molecule has 6 heteroatoms. The van der Waals surface area contributed by atoms with Crippen LogP contribution in [0.3, 0.4) is 0 Å². The lowest BCUT2D eigenvalue weighted by molar-refractivity contribution is 0.0956. The highest BCUT2D eigenvalue weighted by molar-refractivity contribution is 7.84. The van der Waals surface area contributed by atoms with Gasteiger partial charge in [0.2, 0.25) is 0 Å². The lowest BCUT2D eigenvalue weighted by Crippen LogP contribution is -2.28. The van der Waals surface area contributed by atoms with E-state index in [0.29, 0.717) is 23.6 Å². The number of hydrogen-bond acceptors (Lipinski definition) is 4. The van der Waals surface area contributed by atoms with Gasteiger partial charge in [-0.15, -0.1) is 0 Å². The number of benzene rings is 1. The van der Waals surface area contributed by atoms with Crippen molar-refractivity contribution < 1.29 is 9.00 Å². The molecule has 17 heavy (non-hydrogen) atoms. The number of carbonyl (C=O) groups is 1. The first-order valence-corrected chi connectivity index (χ1v) is 6.86. The van der Waals surface area contributed by atoms with Crippen LogP contribution in [0.25, 0.3) is 0 Å². The largest absolute Gasteiger partial charge is 0.351 e. The van der Waals surface area contributed by atoms with Crippen LogP contribution in [0.1, 0.15) is 17.3 Å². The van der Waals surface area contributed by atoms with Crippen molar-refractivity contribution in [3.05, 3.63) is 29.8 Å². The summed E-state index contributed by atoms with van der Waals surface area (Å²) in [5.74, 6) is 6.16. The summed E-state index contributed by atoms with van der Waals surface area (Å²) in [5.41, 5.74) is 3.79. The third-order valence-electron chi connectivity index (χ3n) is 2.25. The fraction of sp³-hybridized carbons (Fsp3) is 0.364. The number of amides is 1. The molecular formula is C11H17N3O2S. The Morgan fingerprint density at radius 2 is 2.00 bits per heavy atom. The minimum absolute atomic E-state index is 0.165. The average molecular weight is 255 g/mol. The van der Waals surface area contributed by atoms with E-state index in [9.17, 15) is 9.00 Å². The van der Waals surface area contributed by atoms with Gasteiger partial charge in [0.15, 0.2) is 0 Å². The average Bonchev–Trinajstić information content (AvgIpc) is 2.38. The molecule has 0 saturated carbocycles. The van der Waals surface area contributed by atoms with Gasteiger partial charge in [-0.3, -0.25) is 14.8 Å². The molecule has 0 aliphatic rings. The third-order valence-corrected chi connectivity index (χ3v) is 3.55. The van der Waals surface area contributed by atoms with Crippen LogP contribution in [0, 0.1) is 0 Å². The van der Waals surface area contributed by atoms with Gasteiger partial charge in [0.25, 0.3) is 5.91 Å². The summed E-state index contributed by atoms with van der Waals surface area (Å²) in [7, 11) is -0.846. The first-order chi connectivity index (χ1) is 8.17. The van der Waals surface area contributed by atoms with Crippen LogP contribution >= 0.6 is 0 Å². The van der Waals surface area contributed by atoms with Crippen LogP contribution in [0.4, 0.5) is 5.69 Å². The predicted octanol–water partition coefficient (Wildman–Crippen LogP) is 0.471. The number of hydrogen-bond donors (Lipinski definition) is 3. The summed E-state index contributed by atoms with van der Waals surface area (Å²) >= 11 is 0. The van der Waals surface area contributed by atoms with E-state index in [1.54, 1.807) is 24.3 Å². The van der Waals surface area contributed by atoms with Gasteiger partial charge >= 0.3 is 0 Å². The first-order valence-electron chi connectivity index (χ1n) is 5.37. The van der Waals surface area contributed by atoms with Crippen molar-refractivity contribution in [2.24, 2.45) is 5.84 Å². The quantitative estimate of drug-likeness (QED) is 0.509. The number of hydrazine groups is 1. The van der Waals surface area contributed by atoms with Crippen molar-refractivity contribution in [3.63, 3.8) is 0 Å². The minimum atomic E-state index is -0.846. The predicted molar refractivity (Wildman–Crippen MR) is 70.1 cm³/mol. The highest BCUT2D eigenvalue weighted by atomic mass is 32.2. The molecule has 4 N–H and O–H groups in total. The Morgan fingerprint density at radius 3 is 2.53 bits per heavy atom. The minimum Gasteiger partial charge on any atom is -0.351 e. The van der Waals surface area contributed by atoms with Gasteiger partial charge < -0.3 is 10.7 Å². The van der Waals surface area contributed by atoms with Gasteiger partial charge in [-0.25, -0.2) is 0 Å². The second-order valence-electron chi connectivity index (χ2n) is 3.41. The van der Waals surface area contributed by atoms with Crippen molar-refractivity contribution in [1.29, 1.82) is 0 Å². The molecule has 0 aromatic heterocycles. The molecule has 94 valence electrons. The first kappa shape index (κ1) is 13.7. The molecule has 1 rings (SSSR count). The molecular weight excluding hydrogens is 238 g/mol. The summed E-state index contributed by atoms with van der Waals surface area (Å²) in [4.78, 5) is 11.7. The Bertz CT molecular complexity index is 392. The summed E-state index contributed by atoms with van der Waals surface area (Å²) in [6.07, 6.45) is 0. The highest BCUT2D eigenvalue weighted by Gasteiger charge is 2.05. The lowest BCUT2D eigenvalue weighted by atomic mass is 10.2. The summed E-state index contributed by atoms with van der Waals surface area (Å²) in [6, 6.07) is 6.81. The van der Waals surface area contributed by atoms with E-state index < -0.39 is 10.8 Å². The molecule has 0 bridgehead atoms. The van der Waals surface area contributed by atoms with Crippen LogP contribution in [0.5, 0.6) is 0 Å². The zero-order valence-corrected chi connectivity index (χ0v) is 10.5. The van der Waals surface area contributed by atoms with Crippen LogP contribution < -0.4 is 16.6 Å². The molecule has 5 nitrogen and oxygen atoms in total. The number of nitrogens with two attached hydrogens (primary N) is 1.